The van der Waals surface area contributed by atoms with Crippen molar-refractivity contribution in [3.8, 4) is 0 Å². The maximum atomic E-state index is 13.0. The van der Waals surface area contributed by atoms with Crippen LogP contribution in [-0.4, -0.2) is 17.6 Å². The van der Waals surface area contributed by atoms with E-state index in [-0.39, 0.29) is 30.2 Å². The third-order valence-electron chi connectivity index (χ3n) is 3.27. The molecule has 2 N–H and O–H groups in total. The third-order valence-corrected chi connectivity index (χ3v) is 3.27. The van der Waals surface area contributed by atoms with Gasteiger partial charge < -0.3 is 9.84 Å². The van der Waals surface area contributed by atoms with Gasteiger partial charge in [-0.15, -0.1) is 0 Å². The molecule has 1 atom stereocenters. The van der Waals surface area contributed by atoms with Crippen molar-refractivity contribution in [3.05, 3.63) is 47.4 Å². The van der Waals surface area contributed by atoms with Gasteiger partial charge in [-0.25, -0.2) is 4.39 Å². The number of aryl methyl sites for hydroxylation is 1. The number of amides is 1. The van der Waals surface area contributed by atoms with E-state index in [1.807, 2.05) is 13.8 Å². The molecule has 0 bridgehead atoms. The number of halogens is 1. The summed E-state index contributed by atoms with van der Waals surface area (Å²) in [4.78, 5) is 11.9. The van der Waals surface area contributed by atoms with Crippen molar-refractivity contribution in [3.63, 3.8) is 0 Å². The second kappa shape index (κ2) is 7.17. The van der Waals surface area contributed by atoms with Crippen molar-refractivity contribution in [2.45, 2.75) is 26.8 Å². The average molecular weight is 305 g/mol. The molecule has 0 aliphatic carbocycles. The second-order valence-corrected chi connectivity index (χ2v) is 5.53. The van der Waals surface area contributed by atoms with E-state index in [4.69, 9.17) is 4.52 Å². The van der Waals surface area contributed by atoms with Gasteiger partial charge in [-0.05, 0) is 30.5 Å². The molecule has 6 heteroatoms. The maximum Gasteiger partial charge on any atom is 0.240 e. The van der Waals surface area contributed by atoms with Gasteiger partial charge in [0.2, 0.25) is 11.8 Å². The van der Waals surface area contributed by atoms with Crippen LogP contribution in [0.2, 0.25) is 0 Å². The van der Waals surface area contributed by atoms with Crippen LogP contribution in [0.1, 0.15) is 31.1 Å². The summed E-state index contributed by atoms with van der Waals surface area (Å²) in [5.74, 6) is 0.0894. The van der Waals surface area contributed by atoms with Crippen molar-refractivity contribution in [2.75, 3.05) is 11.9 Å². The zero-order valence-corrected chi connectivity index (χ0v) is 12.9. The minimum atomic E-state index is -0.273. The first kappa shape index (κ1) is 16.2. The largest absolute Gasteiger partial charge is 0.338 e. The zero-order chi connectivity index (χ0) is 16.1. The van der Waals surface area contributed by atoms with Gasteiger partial charge >= 0.3 is 0 Å². The predicted molar refractivity (Wildman–Crippen MR) is 81.9 cm³/mol. The van der Waals surface area contributed by atoms with Crippen molar-refractivity contribution in [1.29, 1.82) is 0 Å². The van der Waals surface area contributed by atoms with Crippen LogP contribution < -0.4 is 10.6 Å². The molecule has 0 aliphatic rings. The second-order valence-electron chi connectivity index (χ2n) is 5.53. The molecule has 2 rings (SSSR count). The summed E-state index contributed by atoms with van der Waals surface area (Å²) in [5, 5.41) is 9.52. The number of nitrogens with one attached hydrogen (secondary N) is 2. The van der Waals surface area contributed by atoms with Crippen LogP contribution in [-0.2, 0) is 4.79 Å². The van der Waals surface area contributed by atoms with Crippen LogP contribution in [0.5, 0.6) is 0 Å². The Labute approximate surface area is 128 Å². The van der Waals surface area contributed by atoms with Crippen LogP contribution in [0.4, 0.5) is 10.3 Å². The highest BCUT2D eigenvalue weighted by molar-refractivity contribution is 5.90. The fourth-order valence-corrected chi connectivity index (χ4v) is 2.22. The number of hydrogen-bond acceptors (Lipinski definition) is 4. The highest BCUT2D eigenvalue weighted by Gasteiger charge is 2.17. The van der Waals surface area contributed by atoms with Crippen molar-refractivity contribution >= 4 is 11.8 Å². The number of nitrogens with zero attached hydrogens (tertiary/aromatic N) is 1. The minimum absolute atomic E-state index is 0.0391. The van der Waals surface area contributed by atoms with Crippen molar-refractivity contribution in [1.82, 2.24) is 10.5 Å². The number of hydrogen-bond donors (Lipinski definition) is 2. The lowest BCUT2D eigenvalue weighted by atomic mass is 9.96. The molecule has 0 fully saturated rings. The van der Waals surface area contributed by atoms with Crippen LogP contribution in [0.15, 0.2) is 34.9 Å². The van der Waals surface area contributed by atoms with Crippen LogP contribution in [0.25, 0.3) is 0 Å². The quantitative estimate of drug-likeness (QED) is 0.861. The van der Waals surface area contributed by atoms with E-state index in [0.29, 0.717) is 11.6 Å². The molecule has 0 saturated heterocycles. The van der Waals surface area contributed by atoms with E-state index in [0.717, 1.165) is 5.56 Å². The van der Waals surface area contributed by atoms with Gasteiger partial charge in [0.25, 0.3) is 0 Å². The van der Waals surface area contributed by atoms with Crippen LogP contribution in [0, 0.1) is 18.7 Å². The summed E-state index contributed by atoms with van der Waals surface area (Å²) >= 11 is 0. The fourth-order valence-electron chi connectivity index (χ4n) is 2.22. The topological polar surface area (TPSA) is 67.2 Å². The number of carbonyl (C=O) groups excluding carboxylic acids is 1. The Morgan fingerprint density at radius 3 is 2.55 bits per heavy atom. The van der Waals surface area contributed by atoms with Gasteiger partial charge in [-0.3, -0.25) is 10.1 Å². The smallest absolute Gasteiger partial charge is 0.240 e. The number of carbonyl (C=O) groups is 1. The first-order valence-electron chi connectivity index (χ1n) is 7.17. The molecule has 5 nitrogen and oxygen atoms in total. The monoisotopic (exact) mass is 305 g/mol. The van der Waals surface area contributed by atoms with E-state index >= 15 is 0 Å². The van der Waals surface area contributed by atoms with E-state index in [9.17, 15) is 9.18 Å². The Bertz CT molecular complexity index is 623. The molecule has 2 aromatic rings. The lowest BCUT2D eigenvalue weighted by Crippen LogP contribution is -2.33. The molecule has 1 aromatic carbocycles. The number of anilines is 1. The number of aromatic nitrogens is 1. The van der Waals surface area contributed by atoms with E-state index in [1.165, 1.54) is 12.1 Å². The van der Waals surface area contributed by atoms with Gasteiger partial charge in [-0.1, -0.05) is 31.1 Å². The Hall–Kier alpha value is -2.21. The summed E-state index contributed by atoms with van der Waals surface area (Å²) in [6.07, 6.45) is 0. The van der Waals surface area contributed by atoms with E-state index < -0.39 is 0 Å². The number of benzene rings is 1. The summed E-state index contributed by atoms with van der Waals surface area (Å²) in [5.41, 5.74) is 1.65. The van der Waals surface area contributed by atoms with Crippen LogP contribution >= 0.6 is 0 Å². The summed E-state index contributed by atoms with van der Waals surface area (Å²) < 4.78 is 17.9. The maximum absolute atomic E-state index is 13.0. The fraction of sp³-hybridized carbons (Fsp3) is 0.375. The minimum Gasteiger partial charge on any atom is -0.338 e. The molecule has 22 heavy (non-hydrogen) atoms. The highest BCUT2D eigenvalue weighted by Crippen LogP contribution is 2.21. The SMILES string of the molecule is Cc1cc(NC(=O)CNC(c2ccc(F)cc2)C(C)C)on1. The lowest BCUT2D eigenvalue weighted by Gasteiger charge is -2.22. The van der Waals surface area contributed by atoms with E-state index in [1.54, 1.807) is 25.1 Å². The Morgan fingerprint density at radius 2 is 2.00 bits per heavy atom. The summed E-state index contributed by atoms with van der Waals surface area (Å²) in [7, 11) is 0. The molecule has 1 heterocycles. The van der Waals surface area contributed by atoms with Crippen molar-refractivity contribution < 1.29 is 13.7 Å². The first-order chi connectivity index (χ1) is 10.5. The molecule has 118 valence electrons. The molecular formula is C16H20FN3O2. The predicted octanol–water partition coefficient (Wildman–Crippen LogP) is 3.05. The molecule has 1 amide bonds. The van der Waals surface area contributed by atoms with Gasteiger partial charge in [0.1, 0.15) is 5.82 Å². The van der Waals surface area contributed by atoms with Gasteiger partial charge in [0, 0.05) is 12.1 Å². The van der Waals surface area contributed by atoms with E-state index in [2.05, 4.69) is 15.8 Å². The molecular weight excluding hydrogens is 285 g/mol. The summed E-state index contributed by atoms with van der Waals surface area (Å²) in [6.45, 7) is 5.98. The molecule has 1 unspecified atom stereocenters. The Kier molecular flexibility index (Phi) is 5.27. The van der Waals surface area contributed by atoms with Gasteiger partial charge in [0.15, 0.2) is 0 Å². The normalized spacial score (nSPS) is 12.4. The molecule has 1 aromatic heterocycles. The van der Waals surface area contributed by atoms with Crippen LogP contribution in [0.3, 0.4) is 0 Å². The lowest BCUT2D eigenvalue weighted by molar-refractivity contribution is -0.115. The molecule has 0 saturated carbocycles. The highest BCUT2D eigenvalue weighted by atomic mass is 19.1. The molecule has 0 aliphatic heterocycles. The molecule has 0 radical (unpaired) electrons. The number of rotatable bonds is 6. The van der Waals surface area contributed by atoms with Gasteiger partial charge in [0.05, 0.1) is 12.2 Å². The average Bonchev–Trinajstić information content (AvgIpc) is 2.86. The third kappa shape index (κ3) is 4.39. The standard InChI is InChI=1S/C16H20FN3O2/c1-10(2)16(12-4-6-13(17)7-5-12)18-9-14(21)19-15-8-11(3)20-22-15/h4-8,10,16,18H,9H2,1-3H3,(H,19,21). The molecule has 0 spiro atoms. The zero-order valence-electron chi connectivity index (χ0n) is 12.9. The van der Waals surface area contributed by atoms with Gasteiger partial charge in [-0.2, -0.15) is 0 Å². The first-order valence-corrected chi connectivity index (χ1v) is 7.17. The Balaban J connectivity index is 1.94. The Morgan fingerprint density at radius 1 is 1.32 bits per heavy atom. The summed E-state index contributed by atoms with van der Waals surface area (Å²) in [6, 6.07) is 7.91. The van der Waals surface area contributed by atoms with Crippen molar-refractivity contribution in [2.24, 2.45) is 5.92 Å².